The van der Waals surface area contributed by atoms with Crippen molar-refractivity contribution in [1.82, 2.24) is 10.6 Å². The van der Waals surface area contributed by atoms with Crippen LogP contribution in [0.1, 0.15) is 101 Å². The number of fused-ring (bicyclic) bond motifs is 2. The summed E-state index contributed by atoms with van der Waals surface area (Å²) in [5.41, 5.74) is 15.2. The van der Waals surface area contributed by atoms with Gasteiger partial charge in [0.15, 0.2) is 23.1 Å². The number of ether oxygens (including phenoxy) is 2. The van der Waals surface area contributed by atoms with Crippen LogP contribution in [0.4, 0.5) is 20.2 Å². The van der Waals surface area contributed by atoms with Crippen LogP contribution in [-0.4, -0.2) is 47.5 Å². The number of anilines is 2. The highest BCUT2D eigenvalue weighted by Gasteiger charge is 2.50. The van der Waals surface area contributed by atoms with E-state index in [9.17, 15) is 37.5 Å². The van der Waals surface area contributed by atoms with Gasteiger partial charge in [-0.1, -0.05) is 153 Å². The summed E-state index contributed by atoms with van der Waals surface area (Å²) in [5.74, 6) is -2.19. The maximum absolute atomic E-state index is 14.2. The minimum atomic E-state index is -0.997. The van der Waals surface area contributed by atoms with Crippen molar-refractivity contribution in [3.63, 3.8) is 0 Å². The molecule has 6 amide bonds. The number of carbonyl (C=O) groups excluding carboxylic acids is 6. The van der Waals surface area contributed by atoms with Crippen molar-refractivity contribution in [2.24, 2.45) is 46.0 Å². The first-order valence-electron chi connectivity index (χ1n) is 29.7. The van der Waals surface area contributed by atoms with Crippen molar-refractivity contribution in [1.29, 1.82) is 0 Å². The fourth-order valence-corrected chi connectivity index (χ4v) is 12.2. The number of primary amides is 2. The van der Waals surface area contributed by atoms with E-state index < -0.39 is 52.4 Å². The van der Waals surface area contributed by atoms with Crippen LogP contribution in [0.25, 0.3) is 0 Å². The molecule has 6 aromatic carbocycles. The van der Waals surface area contributed by atoms with Gasteiger partial charge in [-0.05, 0) is 159 Å². The maximum Gasteiger partial charge on any atom is 0.249 e. The quantitative estimate of drug-likeness (QED) is 0.0388. The van der Waals surface area contributed by atoms with Gasteiger partial charge in [-0.3, -0.25) is 28.8 Å². The van der Waals surface area contributed by atoms with E-state index in [1.165, 1.54) is 12.1 Å². The van der Waals surface area contributed by atoms with Gasteiger partial charge in [-0.15, -0.1) is 0 Å². The minimum absolute atomic E-state index is 0.112. The molecule has 0 bridgehead atoms. The zero-order chi connectivity index (χ0) is 62.3. The van der Waals surface area contributed by atoms with Gasteiger partial charge in [-0.25, -0.2) is 8.78 Å². The molecule has 0 fully saturated rings. The zero-order valence-corrected chi connectivity index (χ0v) is 51.2. The second-order valence-corrected chi connectivity index (χ2v) is 24.1. The van der Waals surface area contributed by atoms with Crippen molar-refractivity contribution in [2.45, 2.75) is 116 Å². The molecular weight excluding hydrogens is 1170 g/mol. The lowest BCUT2D eigenvalue weighted by Gasteiger charge is -2.36. The van der Waals surface area contributed by atoms with E-state index in [1.807, 2.05) is 125 Å². The number of aryl methyl sites for hydroxylation is 2. The molecule has 10 rings (SSSR count). The first kappa shape index (κ1) is 64.6. The lowest BCUT2D eigenvalue weighted by Crippen LogP contribution is -2.54. The van der Waals surface area contributed by atoms with Gasteiger partial charge in [0.25, 0.3) is 0 Å². The summed E-state index contributed by atoms with van der Waals surface area (Å²) in [6.45, 7) is 8.28. The van der Waals surface area contributed by atoms with Gasteiger partial charge in [0, 0.05) is 16.7 Å². The molecule has 2 aliphatic heterocycles. The highest BCUT2D eigenvalue weighted by atomic mass is 79.9. The van der Waals surface area contributed by atoms with E-state index in [4.69, 9.17) is 20.9 Å². The molecule has 456 valence electrons. The Morgan fingerprint density at radius 2 is 1.05 bits per heavy atom. The first-order chi connectivity index (χ1) is 41.8. The van der Waals surface area contributed by atoms with Gasteiger partial charge in [0.05, 0.1) is 29.2 Å². The summed E-state index contributed by atoms with van der Waals surface area (Å²) in [6, 6.07) is 41.2. The van der Waals surface area contributed by atoms with E-state index in [0.29, 0.717) is 75.7 Å². The molecule has 4 atom stereocenters. The Morgan fingerprint density at radius 3 is 1.56 bits per heavy atom. The highest BCUT2D eigenvalue weighted by molar-refractivity contribution is 9.08. The molecular formula is C70H77BrF2N6O8. The maximum atomic E-state index is 14.2. The number of allylic oxidation sites excluding steroid dienone is 4. The third-order valence-electron chi connectivity index (χ3n) is 16.5. The fourth-order valence-electron chi connectivity index (χ4n) is 11.9. The Hall–Kier alpha value is -8.44. The lowest BCUT2D eigenvalue weighted by molar-refractivity contribution is -0.142. The van der Waals surface area contributed by atoms with Crippen molar-refractivity contribution in [2.75, 3.05) is 10.2 Å². The molecule has 4 aliphatic rings. The normalized spacial score (nSPS) is 17.8. The average molecular weight is 1250 g/mol. The standard InChI is InChI=1S/C35H38FN3O4.C22H29N3O3.C13H10BrFO/c1-23(2)20-27(35(34(37)42)18-7-8-19-35)32(40)38-29-17-16-25-11-3-5-14-30(25)39(33(29)41)22-24-10-9-12-26(21-24)43-31-15-6-4-13-28(31)36;1-14(2)13-16(22(21(23)28)11-5-6-12-22)19(26)25-18-10-9-15-7-3-4-8-17(15)24-20(18)27;14-9-10-4-3-5-11(8-10)16-13-7-2-1-6-12(13)15/h3-15,21,23,27,29H,16-20,22H2,1-2H3,(H2,37,42)(H,38,40);3-8,14,16,18H,9-13H2,1-2H3,(H2,23,28)(H,24,27)(H,25,26);1-8H,9H2/t27-,29?;16-,18?;/m00./s1. The molecule has 0 saturated heterocycles. The number of alkyl halides is 1. The molecule has 2 heterocycles. The number of amides is 6. The monoisotopic (exact) mass is 1250 g/mol. The molecule has 14 nitrogen and oxygen atoms in total. The van der Waals surface area contributed by atoms with Crippen LogP contribution in [0.2, 0.25) is 0 Å². The molecule has 0 saturated carbocycles. The lowest BCUT2D eigenvalue weighted by atomic mass is 9.69. The van der Waals surface area contributed by atoms with Crippen LogP contribution in [0.15, 0.2) is 170 Å². The molecule has 0 spiro atoms. The molecule has 2 aliphatic carbocycles. The predicted molar refractivity (Wildman–Crippen MR) is 338 cm³/mol. The fraction of sp³-hybridized carbons (Fsp3) is 0.343. The molecule has 7 N–H and O–H groups in total. The number of hydrogen-bond acceptors (Lipinski definition) is 8. The van der Waals surface area contributed by atoms with Gasteiger partial charge in [0.1, 0.15) is 23.6 Å². The SMILES string of the molecule is CC(C)C[C@@H](C(=O)NC1CCc2ccccc2N(Cc2cccc(Oc3ccccc3F)c2)C1=O)C1(C(N)=O)CC=CC1.CC(C)C[C@@H](C(=O)NC1CCc2ccccc2NC1=O)C1(C(N)=O)CC=CC1.Fc1ccccc1Oc1cccc(CBr)c1. The van der Waals surface area contributed by atoms with E-state index in [2.05, 4.69) is 31.9 Å². The molecule has 6 aromatic rings. The van der Waals surface area contributed by atoms with E-state index in [-0.39, 0.29) is 59.3 Å². The molecule has 2 unspecified atom stereocenters. The number of nitrogens with zero attached hydrogens (tertiary/aromatic N) is 1. The molecule has 87 heavy (non-hydrogen) atoms. The summed E-state index contributed by atoms with van der Waals surface area (Å²) in [4.78, 5) is 80.8. The van der Waals surface area contributed by atoms with E-state index in [1.54, 1.807) is 65.6 Å². The van der Waals surface area contributed by atoms with Crippen LogP contribution in [0.3, 0.4) is 0 Å². The second-order valence-electron chi connectivity index (χ2n) is 23.6. The number of carbonyl (C=O) groups is 6. The number of para-hydroxylation sites is 4. The van der Waals surface area contributed by atoms with Crippen molar-refractivity contribution in [3.05, 3.63) is 204 Å². The summed E-state index contributed by atoms with van der Waals surface area (Å²) in [5, 5.41) is 9.61. The number of halogens is 3. The average Bonchev–Trinajstić information content (AvgIpc) is 3.32. The van der Waals surface area contributed by atoms with Gasteiger partial charge >= 0.3 is 0 Å². The molecule has 0 radical (unpaired) electrons. The largest absolute Gasteiger partial charge is 0.454 e. The van der Waals surface area contributed by atoms with E-state index >= 15 is 0 Å². The second kappa shape index (κ2) is 29.8. The Bertz CT molecular complexity index is 3480. The summed E-state index contributed by atoms with van der Waals surface area (Å²) in [6.07, 6.45) is 12.7. The summed E-state index contributed by atoms with van der Waals surface area (Å²) < 4.78 is 38.8. The summed E-state index contributed by atoms with van der Waals surface area (Å²) >= 11 is 3.36. The van der Waals surface area contributed by atoms with Gasteiger partial charge < -0.3 is 41.8 Å². The number of rotatable bonds is 19. The third kappa shape index (κ3) is 16.2. The Labute approximate surface area is 516 Å². The Balaban J connectivity index is 0.000000190. The van der Waals surface area contributed by atoms with Crippen LogP contribution in [0, 0.1) is 46.1 Å². The minimum Gasteiger partial charge on any atom is -0.454 e. The van der Waals surface area contributed by atoms with Gasteiger partial charge in [0.2, 0.25) is 35.4 Å². The van der Waals surface area contributed by atoms with Crippen LogP contribution in [0.5, 0.6) is 23.0 Å². The Kier molecular flexibility index (Phi) is 22.1. The van der Waals surface area contributed by atoms with Crippen LogP contribution < -0.4 is 41.8 Å². The number of hydrogen-bond donors (Lipinski definition) is 5. The number of nitrogens with two attached hydrogens (primary N) is 2. The first-order valence-corrected chi connectivity index (χ1v) is 30.8. The van der Waals surface area contributed by atoms with E-state index in [0.717, 1.165) is 39.0 Å². The number of nitrogens with one attached hydrogen (secondary N) is 3. The number of benzene rings is 6. The smallest absolute Gasteiger partial charge is 0.249 e. The van der Waals surface area contributed by atoms with Crippen molar-refractivity contribution < 1.29 is 47.0 Å². The van der Waals surface area contributed by atoms with Crippen molar-refractivity contribution in [3.8, 4) is 23.0 Å². The Morgan fingerprint density at radius 1 is 0.598 bits per heavy atom. The third-order valence-corrected chi connectivity index (χ3v) is 17.2. The zero-order valence-electron chi connectivity index (χ0n) is 49.6. The van der Waals surface area contributed by atoms with Gasteiger partial charge in [-0.2, -0.15) is 0 Å². The molecule has 0 aromatic heterocycles. The topological polar surface area (TPSA) is 212 Å². The molecule has 17 heteroatoms. The highest BCUT2D eigenvalue weighted by Crippen LogP contribution is 2.45. The predicted octanol–water partition coefficient (Wildman–Crippen LogP) is 13.1. The van der Waals surface area contributed by atoms with Crippen LogP contribution in [-0.2, 0) is 53.5 Å². The summed E-state index contributed by atoms with van der Waals surface area (Å²) in [7, 11) is 0. The van der Waals surface area contributed by atoms with Crippen LogP contribution >= 0.6 is 15.9 Å². The van der Waals surface area contributed by atoms with Crippen molar-refractivity contribution >= 4 is 62.7 Å².